The van der Waals surface area contributed by atoms with E-state index in [1.54, 1.807) is 24.3 Å². The Hall–Kier alpha value is -3.20. The summed E-state index contributed by atoms with van der Waals surface area (Å²) in [5, 5.41) is 0. The number of allylic oxidation sites excluding steroid dienone is 5. The van der Waals surface area contributed by atoms with Gasteiger partial charge in [-0.1, -0.05) is 54.6 Å². The summed E-state index contributed by atoms with van der Waals surface area (Å²) >= 11 is 0. The van der Waals surface area contributed by atoms with E-state index in [1.165, 1.54) is 0 Å². The molecule has 5 rings (SSSR count). The van der Waals surface area contributed by atoms with E-state index in [0.29, 0.717) is 22.5 Å². The topological polar surface area (TPSA) is 43.4 Å². The minimum atomic E-state index is -0.173. The summed E-state index contributed by atoms with van der Waals surface area (Å²) in [6.45, 7) is 0. The van der Waals surface area contributed by atoms with Crippen LogP contribution in [0, 0.1) is 0 Å². The molecule has 0 spiro atoms. The smallest absolute Gasteiger partial charge is 0.198 e. The summed E-state index contributed by atoms with van der Waals surface area (Å²) in [5.74, 6) is 1.26. The summed E-state index contributed by atoms with van der Waals surface area (Å²) in [6.07, 6.45) is 5.67. The lowest BCUT2D eigenvalue weighted by molar-refractivity contribution is 0.0987. The van der Waals surface area contributed by atoms with E-state index in [4.69, 9.17) is 4.74 Å². The molecule has 0 fully saturated rings. The number of fused-ring (bicyclic) bond motifs is 1. The van der Waals surface area contributed by atoms with Gasteiger partial charge in [0.15, 0.2) is 11.6 Å². The highest BCUT2D eigenvalue weighted by atomic mass is 16.5. The lowest BCUT2D eigenvalue weighted by Crippen LogP contribution is -2.14. The Morgan fingerprint density at radius 3 is 2.07 bits per heavy atom. The normalized spacial score (nSPS) is 18.9. The average molecular weight is 354 g/mol. The highest BCUT2D eigenvalue weighted by molar-refractivity contribution is 6.40. The Balaban J connectivity index is 1.73. The van der Waals surface area contributed by atoms with Crippen molar-refractivity contribution in [2.24, 2.45) is 0 Å². The van der Waals surface area contributed by atoms with Crippen molar-refractivity contribution < 1.29 is 14.3 Å². The molecule has 1 aliphatic heterocycles. The molecule has 0 atom stereocenters. The van der Waals surface area contributed by atoms with Gasteiger partial charge in [0.1, 0.15) is 11.5 Å². The minimum absolute atomic E-state index is 0.173. The van der Waals surface area contributed by atoms with E-state index in [-0.39, 0.29) is 11.6 Å². The van der Waals surface area contributed by atoms with Crippen LogP contribution in [0.15, 0.2) is 83.2 Å². The van der Waals surface area contributed by atoms with Crippen molar-refractivity contribution in [2.75, 3.05) is 0 Å². The molecular weight excluding hydrogens is 336 g/mol. The fraction of sp³-hybridized carbons (Fsp3) is 0.167. The van der Waals surface area contributed by atoms with Crippen molar-refractivity contribution in [3.8, 4) is 0 Å². The van der Waals surface area contributed by atoms with Crippen molar-refractivity contribution in [2.45, 2.75) is 25.7 Å². The molecule has 132 valence electrons. The second kappa shape index (κ2) is 6.20. The van der Waals surface area contributed by atoms with Crippen molar-refractivity contribution in [3.05, 3.63) is 99.8 Å². The number of rotatable bonds is 1. The first kappa shape index (κ1) is 16.0. The van der Waals surface area contributed by atoms with Gasteiger partial charge in [0, 0.05) is 23.1 Å². The van der Waals surface area contributed by atoms with Crippen LogP contribution in [-0.4, -0.2) is 11.6 Å². The lowest BCUT2D eigenvalue weighted by Gasteiger charge is -2.28. The number of ether oxygens (including phenoxy) is 1. The van der Waals surface area contributed by atoms with Crippen molar-refractivity contribution >= 4 is 17.3 Å². The number of benzene rings is 2. The molecule has 3 nitrogen and oxygen atoms in total. The summed E-state index contributed by atoms with van der Waals surface area (Å²) in [4.78, 5) is 26.1. The standard InChI is InChI=1S/C24H18O3/c25-23-17-11-4-5-12-18(17)24(26)22(23)19-14-21(15-8-2-1-3-9-15)27-20-13-7-6-10-16(19)20/h1-5,8-9,11-12,14H,6-7,10,13H2. The zero-order chi connectivity index (χ0) is 18.4. The molecular formula is C24H18O3. The van der Waals surface area contributed by atoms with Crippen molar-refractivity contribution in [3.63, 3.8) is 0 Å². The van der Waals surface area contributed by atoms with Crippen LogP contribution in [0.25, 0.3) is 5.76 Å². The molecule has 2 aromatic carbocycles. The van der Waals surface area contributed by atoms with Crippen LogP contribution in [0.1, 0.15) is 52.0 Å². The summed E-state index contributed by atoms with van der Waals surface area (Å²) < 4.78 is 6.20. The molecule has 0 saturated heterocycles. The van der Waals surface area contributed by atoms with E-state index in [1.807, 2.05) is 36.4 Å². The highest BCUT2D eigenvalue weighted by Gasteiger charge is 2.37. The number of carbonyl (C=O) groups excluding carboxylic acids is 2. The van der Waals surface area contributed by atoms with Gasteiger partial charge in [-0.2, -0.15) is 0 Å². The fourth-order valence-electron chi connectivity index (χ4n) is 4.12. The zero-order valence-electron chi connectivity index (χ0n) is 14.8. The van der Waals surface area contributed by atoms with E-state index in [9.17, 15) is 9.59 Å². The fourth-order valence-corrected chi connectivity index (χ4v) is 4.12. The zero-order valence-corrected chi connectivity index (χ0v) is 14.8. The van der Waals surface area contributed by atoms with Crippen LogP contribution in [0.2, 0.25) is 0 Å². The molecule has 0 bridgehead atoms. The minimum Gasteiger partial charge on any atom is -0.461 e. The Labute approximate surface area is 157 Å². The van der Waals surface area contributed by atoms with Gasteiger partial charge in [0.2, 0.25) is 0 Å². The summed E-state index contributed by atoms with van der Waals surface area (Å²) in [6, 6.07) is 16.9. The molecule has 0 aromatic heterocycles. The molecule has 0 N–H and O–H groups in total. The Morgan fingerprint density at radius 2 is 1.37 bits per heavy atom. The highest BCUT2D eigenvalue weighted by Crippen LogP contribution is 2.42. The van der Waals surface area contributed by atoms with Crippen molar-refractivity contribution in [1.82, 2.24) is 0 Å². The number of Topliss-reactive ketones (excluding diaryl/α,β-unsaturated/α-hetero) is 2. The van der Waals surface area contributed by atoms with Crippen LogP contribution in [0.5, 0.6) is 0 Å². The van der Waals surface area contributed by atoms with Gasteiger partial charge in [0.05, 0.1) is 5.57 Å². The lowest BCUT2D eigenvalue weighted by atomic mass is 9.85. The van der Waals surface area contributed by atoms with Crippen LogP contribution in [-0.2, 0) is 4.74 Å². The third kappa shape index (κ3) is 2.50. The number of hydrogen-bond donors (Lipinski definition) is 0. The predicted octanol–water partition coefficient (Wildman–Crippen LogP) is 5.26. The van der Waals surface area contributed by atoms with E-state index in [2.05, 4.69) is 0 Å². The van der Waals surface area contributed by atoms with E-state index >= 15 is 0 Å². The van der Waals surface area contributed by atoms with Crippen LogP contribution in [0.4, 0.5) is 0 Å². The molecule has 3 aliphatic rings. The SMILES string of the molecule is O=C1C(=C2C=C(c3ccccc3)OC3=C2CCCC3)C(=O)c2ccccc21. The molecule has 0 unspecified atom stereocenters. The predicted molar refractivity (Wildman–Crippen MR) is 103 cm³/mol. The molecule has 3 heteroatoms. The molecule has 2 aliphatic carbocycles. The van der Waals surface area contributed by atoms with Gasteiger partial charge in [-0.3, -0.25) is 9.59 Å². The van der Waals surface area contributed by atoms with Gasteiger partial charge in [-0.25, -0.2) is 0 Å². The Bertz CT molecular complexity index is 1030. The first-order valence-electron chi connectivity index (χ1n) is 9.34. The summed E-state index contributed by atoms with van der Waals surface area (Å²) in [5.41, 5.74) is 4.02. The number of hydrogen-bond acceptors (Lipinski definition) is 3. The van der Waals surface area contributed by atoms with E-state index in [0.717, 1.165) is 48.2 Å². The maximum absolute atomic E-state index is 13.1. The van der Waals surface area contributed by atoms with Crippen LogP contribution >= 0.6 is 0 Å². The maximum atomic E-state index is 13.1. The molecule has 0 amide bonds. The van der Waals surface area contributed by atoms with Crippen LogP contribution < -0.4 is 0 Å². The first-order valence-corrected chi connectivity index (χ1v) is 9.34. The summed E-state index contributed by atoms with van der Waals surface area (Å²) in [7, 11) is 0. The second-order valence-electron chi connectivity index (χ2n) is 7.08. The second-order valence-corrected chi connectivity index (χ2v) is 7.08. The van der Waals surface area contributed by atoms with Gasteiger partial charge < -0.3 is 4.74 Å². The monoisotopic (exact) mass is 354 g/mol. The maximum Gasteiger partial charge on any atom is 0.198 e. The average Bonchev–Trinajstić information content (AvgIpc) is 2.98. The quantitative estimate of drug-likeness (QED) is 0.518. The molecule has 27 heavy (non-hydrogen) atoms. The third-order valence-electron chi connectivity index (χ3n) is 5.45. The third-order valence-corrected chi connectivity index (χ3v) is 5.45. The van der Waals surface area contributed by atoms with Gasteiger partial charge in [0.25, 0.3) is 0 Å². The largest absolute Gasteiger partial charge is 0.461 e. The molecule has 0 radical (unpaired) electrons. The van der Waals surface area contributed by atoms with Crippen molar-refractivity contribution in [1.29, 1.82) is 0 Å². The molecule has 2 aromatic rings. The van der Waals surface area contributed by atoms with Gasteiger partial charge in [-0.05, 0) is 36.5 Å². The van der Waals surface area contributed by atoms with E-state index < -0.39 is 0 Å². The van der Waals surface area contributed by atoms with Gasteiger partial charge >= 0.3 is 0 Å². The van der Waals surface area contributed by atoms with Gasteiger partial charge in [-0.15, -0.1) is 0 Å². The first-order chi connectivity index (χ1) is 13.2. The molecule has 1 heterocycles. The Morgan fingerprint density at radius 1 is 0.741 bits per heavy atom. The number of ketones is 2. The number of carbonyl (C=O) groups is 2. The van der Waals surface area contributed by atoms with Crippen LogP contribution in [0.3, 0.4) is 0 Å². The Kier molecular flexibility index (Phi) is 3.68. The molecule has 0 saturated carbocycles.